The Balaban J connectivity index is 2.84. The molecule has 144 valence electrons. The summed E-state index contributed by atoms with van der Waals surface area (Å²) in [4.78, 5) is 22.4. The van der Waals surface area contributed by atoms with Crippen LogP contribution >= 0.6 is 0 Å². The van der Waals surface area contributed by atoms with E-state index in [1.807, 2.05) is 0 Å². The third-order valence-corrected chi connectivity index (χ3v) is 5.23. The average molecular weight is 353 g/mol. The molecule has 0 spiro atoms. The van der Waals surface area contributed by atoms with Crippen LogP contribution in [0.25, 0.3) is 0 Å². The second-order valence-corrected chi connectivity index (χ2v) is 7.31. The van der Waals surface area contributed by atoms with E-state index in [1.54, 1.807) is 0 Å². The van der Waals surface area contributed by atoms with Gasteiger partial charge in [-0.25, -0.2) is 9.78 Å². The van der Waals surface area contributed by atoms with Gasteiger partial charge in [0.2, 0.25) is 0 Å². The molecule has 4 heteroatoms. The number of carbonyl (C=O) groups is 1. The molecule has 1 saturated heterocycles. The van der Waals surface area contributed by atoms with Crippen molar-refractivity contribution in [3.05, 3.63) is 23.8 Å². The van der Waals surface area contributed by atoms with Gasteiger partial charge in [0.25, 0.3) is 0 Å². The molecule has 0 aromatic carbocycles. The maximum absolute atomic E-state index is 11.0. The molecular weight excluding hydrogens is 316 g/mol. The number of carboxylic acid groups (broad SMARTS) is 1. The van der Waals surface area contributed by atoms with E-state index in [1.165, 1.54) is 5.57 Å². The number of aliphatic carboxylic acids is 1. The highest BCUT2D eigenvalue weighted by atomic mass is 17.2. The van der Waals surface area contributed by atoms with Crippen molar-refractivity contribution in [2.45, 2.75) is 91.3 Å². The fourth-order valence-corrected chi connectivity index (χ4v) is 3.61. The predicted octanol–water partition coefficient (Wildman–Crippen LogP) is 5.69. The highest BCUT2D eigenvalue weighted by Crippen LogP contribution is 2.39. The van der Waals surface area contributed by atoms with Crippen molar-refractivity contribution in [3.63, 3.8) is 0 Å². The van der Waals surface area contributed by atoms with E-state index in [-0.39, 0.29) is 18.4 Å². The fourth-order valence-electron chi connectivity index (χ4n) is 3.61. The largest absolute Gasteiger partial charge is 0.481 e. The average Bonchev–Trinajstić information content (AvgIpc) is 2.59. The summed E-state index contributed by atoms with van der Waals surface area (Å²) >= 11 is 0. The minimum Gasteiger partial charge on any atom is -0.481 e. The highest BCUT2D eigenvalue weighted by Gasteiger charge is 2.41. The van der Waals surface area contributed by atoms with Gasteiger partial charge in [0.05, 0.1) is 6.42 Å². The number of hydrogen-bond donors (Lipinski definition) is 1. The van der Waals surface area contributed by atoms with Gasteiger partial charge < -0.3 is 5.11 Å². The molecule has 1 aliphatic heterocycles. The van der Waals surface area contributed by atoms with E-state index in [4.69, 9.17) is 14.9 Å². The molecule has 1 aliphatic rings. The maximum atomic E-state index is 11.0. The van der Waals surface area contributed by atoms with Crippen LogP contribution in [-0.2, 0) is 14.6 Å². The summed E-state index contributed by atoms with van der Waals surface area (Å²) in [5, 5.41) is 9.05. The SMILES string of the molecule is CC/C=C/C(CC)C/C(C)=C/[C@@]1(CC)C[C@H](CC)[C@H](CC(=O)O)OO1. The number of allylic oxidation sites excluding steroid dienone is 3. The fraction of sp³-hybridized carbons (Fsp3) is 0.762. The molecule has 1 N–H and O–H groups in total. The van der Waals surface area contributed by atoms with Crippen molar-refractivity contribution in [1.29, 1.82) is 0 Å². The highest BCUT2D eigenvalue weighted by molar-refractivity contribution is 5.67. The smallest absolute Gasteiger partial charge is 0.306 e. The third kappa shape index (κ3) is 6.95. The van der Waals surface area contributed by atoms with Gasteiger partial charge in [-0.2, -0.15) is 0 Å². The first-order valence-electron chi connectivity index (χ1n) is 9.80. The van der Waals surface area contributed by atoms with Gasteiger partial charge in [0.15, 0.2) is 0 Å². The van der Waals surface area contributed by atoms with E-state index in [0.29, 0.717) is 5.92 Å². The van der Waals surface area contributed by atoms with E-state index in [2.05, 4.69) is 52.8 Å². The topological polar surface area (TPSA) is 55.8 Å². The van der Waals surface area contributed by atoms with Gasteiger partial charge in [-0.1, -0.05) is 57.9 Å². The Hall–Kier alpha value is -1.13. The molecule has 4 nitrogen and oxygen atoms in total. The van der Waals surface area contributed by atoms with Crippen molar-refractivity contribution in [2.24, 2.45) is 11.8 Å². The molecule has 0 saturated carbocycles. The van der Waals surface area contributed by atoms with E-state index < -0.39 is 11.6 Å². The van der Waals surface area contributed by atoms with Crippen molar-refractivity contribution >= 4 is 5.97 Å². The summed E-state index contributed by atoms with van der Waals surface area (Å²) < 4.78 is 0. The minimum absolute atomic E-state index is 0.000713. The molecule has 4 atom stereocenters. The van der Waals surface area contributed by atoms with Crippen LogP contribution in [0.15, 0.2) is 23.8 Å². The molecule has 0 aromatic rings. The lowest BCUT2D eigenvalue weighted by Gasteiger charge is -2.41. The van der Waals surface area contributed by atoms with Crippen LogP contribution in [0.4, 0.5) is 0 Å². The summed E-state index contributed by atoms with van der Waals surface area (Å²) in [6, 6.07) is 0. The zero-order valence-electron chi connectivity index (χ0n) is 16.6. The van der Waals surface area contributed by atoms with Gasteiger partial charge in [-0.05, 0) is 50.9 Å². The number of carboxylic acids is 1. The summed E-state index contributed by atoms with van der Waals surface area (Å²) in [5.74, 6) is -0.0802. The second kappa shape index (κ2) is 10.8. The molecule has 1 unspecified atom stereocenters. The van der Waals surface area contributed by atoms with Crippen molar-refractivity contribution in [1.82, 2.24) is 0 Å². The molecule has 1 heterocycles. The van der Waals surface area contributed by atoms with Crippen molar-refractivity contribution in [3.8, 4) is 0 Å². The first-order chi connectivity index (χ1) is 11.9. The molecule has 0 amide bonds. The third-order valence-electron chi connectivity index (χ3n) is 5.23. The van der Waals surface area contributed by atoms with Gasteiger partial charge in [-0.15, -0.1) is 0 Å². The Morgan fingerprint density at radius 1 is 1.32 bits per heavy atom. The lowest BCUT2D eigenvalue weighted by molar-refractivity contribution is -0.409. The quantitative estimate of drug-likeness (QED) is 0.405. The van der Waals surface area contributed by atoms with Crippen LogP contribution in [0.2, 0.25) is 0 Å². The summed E-state index contributed by atoms with van der Waals surface area (Å²) in [7, 11) is 0. The van der Waals surface area contributed by atoms with Crippen LogP contribution in [0.3, 0.4) is 0 Å². The summed E-state index contributed by atoms with van der Waals surface area (Å²) in [5.41, 5.74) is 0.872. The standard InChI is InChI=1S/C21H36O4/c1-6-10-11-17(7-2)12-16(5)14-21(9-4)15-18(8-3)19(24-25-21)13-20(22)23/h10-11,14,17-19H,6-9,12-13,15H2,1-5H3,(H,22,23)/b11-10+,16-14+/t17?,18-,19-,21-/m0/s1. The lowest BCUT2D eigenvalue weighted by atomic mass is 9.80. The summed E-state index contributed by atoms with van der Waals surface area (Å²) in [6.45, 7) is 10.7. The zero-order valence-corrected chi connectivity index (χ0v) is 16.6. The van der Waals surface area contributed by atoms with E-state index in [0.717, 1.165) is 38.5 Å². The Bertz CT molecular complexity index is 469. The van der Waals surface area contributed by atoms with E-state index >= 15 is 0 Å². The first kappa shape index (κ1) is 21.9. The molecule has 0 radical (unpaired) electrons. The van der Waals surface area contributed by atoms with Crippen LogP contribution in [0, 0.1) is 11.8 Å². The van der Waals surface area contributed by atoms with Crippen LogP contribution in [0.5, 0.6) is 0 Å². The second-order valence-electron chi connectivity index (χ2n) is 7.31. The van der Waals surface area contributed by atoms with Gasteiger partial charge in [-0.3, -0.25) is 4.79 Å². The monoisotopic (exact) mass is 352 g/mol. The minimum atomic E-state index is -0.837. The first-order valence-corrected chi connectivity index (χ1v) is 9.80. The molecule has 0 aromatic heterocycles. The lowest BCUT2D eigenvalue weighted by Crippen LogP contribution is -2.44. The molecule has 25 heavy (non-hydrogen) atoms. The van der Waals surface area contributed by atoms with Crippen molar-refractivity contribution < 1.29 is 19.7 Å². The van der Waals surface area contributed by atoms with Crippen LogP contribution < -0.4 is 0 Å². The number of rotatable bonds is 10. The van der Waals surface area contributed by atoms with Gasteiger partial charge >= 0.3 is 5.97 Å². The van der Waals surface area contributed by atoms with Crippen LogP contribution in [-0.4, -0.2) is 22.8 Å². The van der Waals surface area contributed by atoms with Crippen LogP contribution in [0.1, 0.15) is 79.6 Å². The predicted molar refractivity (Wildman–Crippen MR) is 101 cm³/mol. The number of hydrogen-bond acceptors (Lipinski definition) is 3. The molecule has 0 bridgehead atoms. The Morgan fingerprint density at radius 2 is 2.04 bits per heavy atom. The molecular formula is C21H36O4. The Kier molecular flexibility index (Phi) is 9.44. The van der Waals surface area contributed by atoms with Gasteiger partial charge in [0.1, 0.15) is 11.7 Å². The van der Waals surface area contributed by atoms with Crippen molar-refractivity contribution in [2.75, 3.05) is 0 Å². The Morgan fingerprint density at radius 3 is 2.56 bits per heavy atom. The Labute approximate surface area is 153 Å². The molecule has 1 fully saturated rings. The molecule has 0 aliphatic carbocycles. The normalized spacial score (nSPS) is 29.1. The summed E-state index contributed by atoms with van der Waals surface area (Å²) in [6.07, 6.45) is 12.2. The molecule has 1 rings (SSSR count). The van der Waals surface area contributed by atoms with E-state index in [9.17, 15) is 4.79 Å². The zero-order chi connectivity index (χ0) is 18.9. The maximum Gasteiger partial charge on any atom is 0.306 e. The van der Waals surface area contributed by atoms with Gasteiger partial charge in [0, 0.05) is 0 Å².